The summed E-state index contributed by atoms with van der Waals surface area (Å²) in [4.78, 5) is 12.6. The zero-order valence-corrected chi connectivity index (χ0v) is 16.3. The van der Waals surface area contributed by atoms with Crippen LogP contribution in [0.3, 0.4) is 0 Å². The Morgan fingerprint density at radius 1 is 0.964 bits per heavy atom. The largest absolute Gasteiger partial charge is 0.492 e. The molecule has 0 radical (unpaired) electrons. The predicted octanol–water partition coefficient (Wildman–Crippen LogP) is 4.43. The van der Waals surface area contributed by atoms with Crippen molar-refractivity contribution in [3.05, 3.63) is 53.6 Å². The molecule has 2 aromatic rings. The van der Waals surface area contributed by atoms with E-state index in [1.807, 2.05) is 32.9 Å². The molecular formula is C22H24N2O4. The second kappa shape index (κ2) is 10.6. The maximum absolute atomic E-state index is 12.6. The van der Waals surface area contributed by atoms with Gasteiger partial charge in [-0.1, -0.05) is 18.2 Å². The van der Waals surface area contributed by atoms with Crippen LogP contribution in [-0.2, 0) is 4.79 Å². The second-order valence-electron chi connectivity index (χ2n) is 5.63. The average Bonchev–Trinajstić information content (AvgIpc) is 2.70. The summed E-state index contributed by atoms with van der Waals surface area (Å²) in [6.07, 6.45) is 1.51. The summed E-state index contributed by atoms with van der Waals surface area (Å²) in [5, 5.41) is 12.2. The molecule has 0 aliphatic rings. The highest BCUT2D eigenvalue weighted by Crippen LogP contribution is 2.30. The Kier molecular flexibility index (Phi) is 7.92. The number of carbonyl (C=O) groups is 1. The molecule has 2 rings (SSSR count). The summed E-state index contributed by atoms with van der Waals surface area (Å²) in [6.45, 7) is 7.10. The predicted molar refractivity (Wildman–Crippen MR) is 109 cm³/mol. The van der Waals surface area contributed by atoms with Crippen molar-refractivity contribution in [3.63, 3.8) is 0 Å². The van der Waals surface area contributed by atoms with E-state index in [0.717, 1.165) is 0 Å². The molecule has 0 saturated heterocycles. The minimum absolute atomic E-state index is 0.0297. The number of para-hydroxylation sites is 2. The molecule has 1 amide bonds. The number of nitrogens with one attached hydrogen (secondary N) is 1. The monoisotopic (exact) mass is 380 g/mol. The van der Waals surface area contributed by atoms with E-state index in [9.17, 15) is 10.1 Å². The van der Waals surface area contributed by atoms with Crippen molar-refractivity contribution in [3.8, 4) is 23.3 Å². The summed E-state index contributed by atoms with van der Waals surface area (Å²) in [5.41, 5.74) is 1.15. The van der Waals surface area contributed by atoms with Crippen LogP contribution in [-0.4, -0.2) is 25.7 Å². The highest BCUT2D eigenvalue weighted by atomic mass is 16.5. The van der Waals surface area contributed by atoms with Crippen molar-refractivity contribution in [1.82, 2.24) is 0 Å². The summed E-state index contributed by atoms with van der Waals surface area (Å²) >= 11 is 0. The van der Waals surface area contributed by atoms with Crippen LogP contribution < -0.4 is 19.5 Å². The van der Waals surface area contributed by atoms with Crippen LogP contribution >= 0.6 is 0 Å². The molecule has 0 aliphatic heterocycles. The summed E-state index contributed by atoms with van der Waals surface area (Å²) < 4.78 is 16.6. The number of nitriles is 1. The first-order chi connectivity index (χ1) is 13.6. The highest BCUT2D eigenvalue weighted by Gasteiger charge is 2.13. The fourth-order valence-electron chi connectivity index (χ4n) is 2.51. The lowest BCUT2D eigenvalue weighted by molar-refractivity contribution is -0.112. The quantitative estimate of drug-likeness (QED) is 0.514. The van der Waals surface area contributed by atoms with Gasteiger partial charge >= 0.3 is 0 Å². The van der Waals surface area contributed by atoms with E-state index in [2.05, 4.69) is 5.32 Å². The third-order valence-corrected chi connectivity index (χ3v) is 3.68. The van der Waals surface area contributed by atoms with Crippen molar-refractivity contribution in [2.75, 3.05) is 25.1 Å². The van der Waals surface area contributed by atoms with Gasteiger partial charge in [0.15, 0.2) is 11.5 Å². The molecule has 0 aliphatic carbocycles. The summed E-state index contributed by atoms with van der Waals surface area (Å²) in [7, 11) is 0. The Balaban J connectivity index is 2.27. The Morgan fingerprint density at radius 2 is 1.61 bits per heavy atom. The Morgan fingerprint density at radius 3 is 2.29 bits per heavy atom. The molecular weight excluding hydrogens is 356 g/mol. The molecule has 0 heterocycles. The summed E-state index contributed by atoms with van der Waals surface area (Å²) in [5.74, 6) is 1.23. The van der Waals surface area contributed by atoms with Gasteiger partial charge in [-0.05, 0) is 56.7 Å². The Hall–Kier alpha value is -3.46. The molecule has 1 N–H and O–H groups in total. The van der Waals surface area contributed by atoms with Crippen LogP contribution in [0.5, 0.6) is 17.2 Å². The van der Waals surface area contributed by atoms with E-state index in [1.54, 1.807) is 36.4 Å². The fourth-order valence-corrected chi connectivity index (χ4v) is 2.51. The minimum atomic E-state index is -0.513. The van der Waals surface area contributed by atoms with Gasteiger partial charge in [0.1, 0.15) is 17.4 Å². The van der Waals surface area contributed by atoms with E-state index in [0.29, 0.717) is 48.3 Å². The van der Waals surface area contributed by atoms with Crippen molar-refractivity contribution in [2.24, 2.45) is 0 Å². The van der Waals surface area contributed by atoms with Crippen molar-refractivity contribution in [2.45, 2.75) is 20.8 Å². The smallest absolute Gasteiger partial charge is 0.266 e. The van der Waals surface area contributed by atoms with Gasteiger partial charge in [-0.15, -0.1) is 0 Å². The number of hydrogen-bond acceptors (Lipinski definition) is 5. The van der Waals surface area contributed by atoms with Gasteiger partial charge in [-0.3, -0.25) is 4.79 Å². The van der Waals surface area contributed by atoms with Crippen LogP contribution in [0.25, 0.3) is 6.08 Å². The SMILES string of the molecule is CCOc1ccccc1NC(=O)/C(C#N)=C\c1ccc(OCC)c(OCC)c1. The zero-order chi connectivity index (χ0) is 20.4. The van der Waals surface area contributed by atoms with Crippen LogP contribution in [0.2, 0.25) is 0 Å². The van der Waals surface area contributed by atoms with Crippen LogP contribution in [0.4, 0.5) is 5.69 Å². The number of ether oxygens (including phenoxy) is 3. The van der Waals surface area contributed by atoms with E-state index >= 15 is 0 Å². The lowest BCUT2D eigenvalue weighted by atomic mass is 10.1. The van der Waals surface area contributed by atoms with Gasteiger partial charge < -0.3 is 19.5 Å². The number of benzene rings is 2. The molecule has 2 aromatic carbocycles. The van der Waals surface area contributed by atoms with Crippen LogP contribution in [0.15, 0.2) is 48.0 Å². The molecule has 0 saturated carbocycles. The molecule has 28 heavy (non-hydrogen) atoms. The van der Waals surface area contributed by atoms with Crippen LogP contribution in [0.1, 0.15) is 26.3 Å². The van der Waals surface area contributed by atoms with E-state index in [1.165, 1.54) is 6.08 Å². The van der Waals surface area contributed by atoms with E-state index in [4.69, 9.17) is 14.2 Å². The molecule has 146 valence electrons. The third kappa shape index (κ3) is 5.52. The molecule has 0 atom stereocenters. The van der Waals surface area contributed by atoms with E-state index in [-0.39, 0.29) is 5.57 Å². The number of amides is 1. The topological polar surface area (TPSA) is 80.6 Å². The fraction of sp³-hybridized carbons (Fsp3) is 0.273. The van der Waals surface area contributed by atoms with Crippen molar-refractivity contribution >= 4 is 17.7 Å². The van der Waals surface area contributed by atoms with Gasteiger partial charge in [0.25, 0.3) is 5.91 Å². The second-order valence-corrected chi connectivity index (χ2v) is 5.63. The zero-order valence-electron chi connectivity index (χ0n) is 16.3. The molecule has 0 spiro atoms. The highest BCUT2D eigenvalue weighted by molar-refractivity contribution is 6.10. The standard InChI is InChI=1S/C22H24N2O4/c1-4-26-19-10-8-7-9-18(19)24-22(25)17(15-23)13-16-11-12-20(27-5-2)21(14-16)28-6-3/h7-14H,4-6H2,1-3H3,(H,24,25)/b17-13-. The molecule has 0 unspecified atom stereocenters. The maximum atomic E-state index is 12.6. The molecule has 0 aromatic heterocycles. The average molecular weight is 380 g/mol. The van der Waals surface area contributed by atoms with Gasteiger partial charge in [0.05, 0.1) is 25.5 Å². The van der Waals surface area contributed by atoms with Gasteiger partial charge in [0, 0.05) is 0 Å². The number of carbonyl (C=O) groups excluding carboxylic acids is 1. The number of hydrogen-bond donors (Lipinski definition) is 1. The summed E-state index contributed by atoms with van der Waals surface area (Å²) in [6, 6.07) is 14.3. The molecule has 0 fully saturated rings. The van der Waals surface area contributed by atoms with Gasteiger partial charge in [0.2, 0.25) is 0 Å². The first-order valence-corrected chi connectivity index (χ1v) is 9.17. The normalized spacial score (nSPS) is 10.7. The Bertz CT molecular complexity index is 884. The Labute approximate surface area is 165 Å². The minimum Gasteiger partial charge on any atom is -0.492 e. The first kappa shape index (κ1) is 20.8. The molecule has 6 nitrogen and oxygen atoms in total. The lowest BCUT2D eigenvalue weighted by Gasteiger charge is -2.12. The third-order valence-electron chi connectivity index (χ3n) is 3.68. The molecule has 6 heteroatoms. The van der Waals surface area contributed by atoms with Crippen LogP contribution in [0, 0.1) is 11.3 Å². The number of rotatable bonds is 9. The van der Waals surface area contributed by atoms with Crippen molar-refractivity contribution in [1.29, 1.82) is 5.26 Å². The molecule has 0 bridgehead atoms. The number of anilines is 1. The first-order valence-electron chi connectivity index (χ1n) is 9.17. The van der Waals surface area contributed by atoms with Crippen molar-refractivity contribution < 1.29 is 19.0 Å². The van der Waals surface area contributed by atoms with E-state index < -0.39 is 5.91 Å². The maximum Gasteiger partial charge on any atom is 0.266 e. The van der Waals surface area contributed by atoms with Gasteiger partial charge in [-0.2, -0.15) is 5.26 Å². The lowest BCUT2D eigenvalue weighted by Crippen LogP contribution is -2.14. The van der Waals surface area contributed by atoms with Gasteiger partial charge in [-0.25, -0.2) is 0 Å². The number of nitrogens with zero attached hydrogens (tertiary/aromatic N) is 1.